The van der Waals surface area contributed by atoms with Gasteiger partial charge in [0.2, 0.25) is 17.7 Å². The Morgan fingerprint density at radius 1 is 1.21 bits per heavy atom. The van der Waals surface area contributed by atoms with Gasteiger partial charge in [-0.25, -0.2) is 14.6 Å². The minimum absolute atomic E-state index is 0.116. The Morgan fingerprint density at radius 3 is 2.79 bits per heavy atom. The van der Waals surface area contributed by atoms with Crippen molar-refractivity contribution in [2.45, 2.75) is 12.5 Å². The van der Waals surface area contributed by atoms with Crippen LogP contribution in [0.2, 0.25) is 0 Å². The number of nitrogens with zero attached hydrogens (tertiary/aromatic N) is 6. The molecule has 5 rings (SSSR count). The normalized spacial score (nSPS) is 15.7. The molecule has 33 heavy (non-hydrogen) atoms. The van der Waals surface area contributed by atoms with Crippen molar-refractivity contribution < 1.29 is 13.9 Å². The summed E-state index contributed by atoms with van der Waals surface area (Å²) in [7, 11) is 0. The Labute approximate surface area is 188 Å². The molecule has 0 unspecified atom stereocenters. The van der Waals surface area contributed by atoms with E-state index in [1.807, 2.05) is 18.2 Å². The summed E-state index contributed by atoms with van der Waals surface area (Å²) >= 11 is 0. The summed E-state index contributed by atoms with van der Waals surface area (Å²) in [5.74, 6) is -0.0582. The van der Waals surface area contributed by atoms with E-state index in [-0.39, 0.29) is 34.9 Å². The van der Waals surface area contributed by atoms with Gasteiger partial charge in [-0.2, -0.15) is 14.5 Å². The number of anilines is 1. The Hall–Kier alpha value is -4.34. The summed E-state index contributed by atoms with van der Waals surface area (Å²) < 4.78 is 22.4. The molecule has 2 N–H and O–H groups in total. The van der Waals surface area contributed by atoms with Gasteiger partial charge in [0.15, 0.2) is 5.65 Å². The van der Waals surface area contributed by atoms with Gasteiger partial charge < -0.3 is 15.4 Å². The molecule has 1 aliphatic heterocycles. The van der Waals surface area contributed by atoms with E-state index >= 15 is 4.39 Å². The SMILES string of the molecule is C=CC(=O)N1CC[C@H](n2nc(-c3ccc(Oc4ccccc4)nc3F)c3c(N)ncnc32)C1. The highest BCUT2D eigenvalue weighted by Crippen LogP contribution is 2.35. The van der Waals surface area contributed by atoms with E-state index in [0.717, 1.165) is 0 Å². The number of halogens is 1. The van der Waals surface area contributed by atoms with Gasteiger partial charge in [0.1, 0.15) is 23.6 Å². The standard InChI is InChI=1S/C23H20FN7O2/c1-2-18(32)30-11-10-14(12-30)31-23-19(22(25)26-13-27-23)20(29-31)16-8-9-17(28-21(16)24)33-15-6-4-3-5-7-15/h2-9,13-14H,1,10-12H2,(H2,25,26,27)/t14-/m0/s1. The fourth-order valence-electron chi connectivity index (χ4n) is 3.97. The number of carbonyl (C=O) groups excluding carboxylic acids is 1. The van der Waals surface area contributed by atoms with Crippen LogP contribution in [0.15, 0.2) is 61.4 Å². The Bertz CT molecular complexity index is 1360. The summed E-state index contributed by atoms with van der Waals surface area (Å²) in [4.78, 5) is 26.0. The number of nitrogen functional groups attached to an aromatic ring is 1. The number of carbonyl (C=O) groups is 1. The highest BCUT2D eigenvalue weighted by atomic mass is 19.1. The Morgan fingerprint density at radius 2 is 2.03 bits per heavy atom. The number of likely N-dealkylation sites (tertiary alicyclic amines) is 1. The molecule has 4 aromatic rings. The predicted octanol–water partition coefficient (Wildman–Crippen LogP) is 3.36. The molecule has 1 saturated heterocycles. The maximum Gasteiger partial charge on any atom is 0.246 e. The lowest BCUT2D eigenvalue weighted by Gasteiger charge is -2.14. The van der Waals surface area contributed by atoms with Crippen molar-refractivity contribution in [3.05, 3.63) is 67.4 Å². The van der Waals surface area contributed by atoms with E-state index < -0.39 is 5.95 Å². The van der Waals surface area contributed by atoms with E-state index in [0.29, 0.717) is 36.3 Å². The smallest absolute Gasteiger partial charge is 0.246 e. The number of hydrogen-bond acceptors (Lipinski definition) is 7. The minimum Gasteiger partial charge on any atom is -0.439 e. The van der Waals surface area contributed by atoms with Crippen molar-refractivity contribution in [1.29, 1.82) is 0 Å². The molecule has 1 atom stereocenters. The van der Waals surface area contributed by atoms with Crippen molar-refractivity contribution in [1.82, 2.24) is 29.6 Å². The van der Waals surface area contributed by atoms with Crippen LogP contribution in [-0.2, 0) is 4.79 Å². The lowest BCUT2D eigenvalue weighted by Crippen LogP contribution is -2.27. The third-order valence-corrected chi connectivity index (χ3v) is 5.56. The first kappa shape index (κ1) is 20.6. The van der Waals surface area contributed by atoms with Crippen molar-refractivity contribution >= 4 is 22.8 Å². The number of aromatic nitrogens is 5. The molecule has 9 nitrogen and oxygen atoms in total. The maximum absolute atomic E-state index is 15.1. The first-order valence-electron chi connectivity index (χ1n) is 10.3. The van der Waals surface area contributed by atoms with Crippen LogP contribution in [0, 0.1) is 5.95 Å². The molecular weight excluding hydrogens is 425 g/mol. The lowest BCUT2D eigenvalue weighted by molar-refractivity contribution is -0.125. The van der Waals surface area contributed by atoms with Crippen LogP contribution in [0.1, 0.15) is 12.5 Å². The molecule has 0 bridgehead atoms. The second kappa shape index (κ2) is 8.30. The molecule has 3 aromatic heterocycles. The van der Waals surface area contributed by atoms with Crippen LogP contribution in [0.5, 0.6) is 11.6 Å². The van der Waals surface area contributed by atoms with E-state index in [4.69, 9.17) is 10.5 Å². The van der Waals surface area contributed by atoms with Gasteiger partial charge in [0.25, 0.3) is 0 Å². The van der Waals surface area contributed by atoms with Crippen molar-refractivity contribution in [3.63, 3.8) is 0 Å². The largest absolute Gasteiger partial charge is 0.439 e. The first-order chi connectivity index (χ1) is 16.0. The topological polar surface area (TPSA) is 112 Å². The monoisotopic (exact) mass is 445 g/mol. The molecule has 4 heterocycles. The number of nitrogens with two attached hydrogens (primary N) is 1. The van der Waals surface area contributed by atoms with Gasteiger partial charge in [-0.3, -0.25) is 4.79 Å². The molecule has 1 fully saturated rings. The fourth-order valence-corrected chi connectivity index (χ4v) is 3.97. The van der Waals surface area contributed by atoms with Crippen LogP contribution in [0.4, 0.5) is 10.2 Å². The third kappa shape index (κ3) is 3.75. The second-order valence-corrected chi connectivity index (χ2v) is 7.58. The molecule has 0 aliphatic carbocycles. The van der Waals surface area contributed by atoms with Crippen molar-refractivity contribution in [2.24, 2.45) is 0 Å². The molecule has 10 heteroatoms. The van der Waals surface area contributed by atoms with Gasteiger partial charge in [0, 0.05) is 19.2 Å². The van der Waals surface area contributed by atoms with Gasteiger partial charge in [-0.1, -0.05) is 24.8 Å². The molecule has 1 aromatic carbocycles. The Kier molecular flexibility index (Phi) is 5.17. The Balaban J connectivity index is 1.54. The number of benzene rings is 1. The predicted molar refractivity (Wildman–Crippen MR) is 120 cm³/mol. The average molecular weight is 445 g/mol. The molecule has 0 saturated carbocycles. The third-order valence-electron chi connectivity index (χ3n) is 5.56. The first-order valence-corrected chi connectivity index (χ1v) is 10.3. The number of ether oxygens (including phenoxy) is 1. The molecule has 1 amide bonds. The summed E-state index contributed by atoms with van der Waals surface area (Å²) in [6.45, 7) is 4.55. The summed E-state index contributed by atoms with van der Waals surface area (Å²) in [5.41, 5.74) is 7.04. The van der Waals surface area contributed by atoms with Crippen LogP contribution < -0.4 is 10.5 Å². The zero-order chi connectivity index (χ0) is 22.9. The lowest BCUT2D eigenvalue weighted by atomic mass is 10.1. The number of pyridine rings is 1. The van der Waals surface area contributed by atoms with Gasteiger partial charge in [-0.15, -0.1) is 0 Å². The van der Waals surface area contributed by atoms with Crippen LogP contribution in [-0.4, -0.2) is 48.6 Å². The van der Waals surface area contributed by atoms with Crippen LogP contribution in [0.3, 0.4) is 0 Å². The van der Waals surface area contributed by atoms with E-state index in [9.17, 15) is 4.79 Å². The summed E-state index contributed by atoms with van der Waals surface area (Å²) in [5, 5.41) is 5.08. The number of fused-ring (bicyclic) bond motifs is 1. The van der Waals surface area contributed by atoms with Crippen molar-refractivity contribution in [3.8, 4) is 22.9 Å². The number of amides is 1. The van der Waals surface area contributed by atoms with Gasteiger partial charge >= 0.3 is 0 Å². The number of rotatable bonds is 5. The number of hydrogen-bond donors (Lipinski definition) is 1. The molecular formula is C23H20FN7O2. The molecule has 0 spiro atoms. The second-order valence-electron chi connectivity index (χ2n) is 7.58. The highest BCUT2D eigenvalue weighted by molar-refractivity contribution is 5.98. The quantitative estimate of drug-likeness (QED) is 0.370. The van der Waals surface area contributed by atoms with Gasteiger partial charge in [0.05, 0.1) is 17.0 Å². The van der Waals surface area contributed by atoms with Gasteiger partial charge in [-0.05, 0) is 30.7 Å². The zero-order valence-corrected chi connectivity index (χ0v) is 17.6. The highest BCUT2D eigenvalue weighted by Gasteiger charge is 2.30. The summed E-state index contributed by atoms with van der Waals surface area (Å²) in [6.07, 6.45) is 3.30. The van der Waals surface area contributed by atoms with Crippen molar-refractivity contribution in [2.75, 3.05) is 18.8 Å². The average Bonchev–Trinajstić information content (AvgIpc) is 3.45. The van der Waals surface area contributed by atoms with E-state index in [1.165, 1.54) is 12.4 Å². The molecule has 166 valence electrons. The molecule has 0 radical (unpaired) electrons. The summed E-state index contributed by atoms with van der Waals surface area (Å²) in [6, 6.07) is 12.0. The van der Waals surface area contributed by atoms with E-state index in [1.54, 1.807) is 33.8 Å². The fraction of sp³-hybridized carbons (Fsp3) is 0.174. The zero-order valence-electron chi connectivity index (χ0n) is 17.6. The van der Waals surface area contributed by atoms with Crippen LogP contribution >= 0.6 is 0 Å². The van der Waals surface area contributed by atoms with Crippen LogP contribution in [0.25, 0.3) is 22.3 Å². The number of para-hydroxylation sites is 1. The van der Waals surface area contributed by atoms with E-state index in [2.05, 4.69) is 26.6 Å². The minimum atomic E-state index is -0.756. The molecule has 1 aliphatic rings. The maximum atomic E-state index is 15.1.